The summed E-state index contributed by atoms with van der Waals surface area (Å²) >= 11 is 1.10. The summed E-state index contributed by atoms with van der Waals surface area (Å²) in [5, 5.41) is 6.77. The van der Waals surface area contributed by atoms with E-state index in [2.05, 4.69) is 28.9 Å². The second kappa shape index (κ2) is 9.00. The van der Waals surface area contributed by atoms with Crippen molar-refractivity contribution in [3.8, 4) is 0 Å². The predicted molar refractivity (Wildman–Crippen MR) is 127 cm³/mol. The van der Waals surface area contributed by atoms with Crippen molar-refractivity contribution in [1.82, 2.24) is 9.13 Å². The Morgan fingerprint density at radius 2 is 1.84 bits per heavy atom. The van der Waals surface area contributed by atoms with Crippen LogP contribution in [0.1, 0.15) is 26.0 Å². The molecule has 0 saturated carbocycles. The molecule has 1 atom stereocenters. The molecule has 0 aliphatic heterocycles. The fourth-order valence-electron chi connectivity index (χ4n) is 3.90. The van der Waals surface area contributed by atoms with E-state index in [9.17, 15) is 14.4 Å². The zero-order valence-electron chi connectivity index (χ0n) is 18.3. The highest BCUT2D eigenvalue weighted by Crippen LogP contribution is 2.31. The molecular weight excluding hydrogens is 426 g/mol. The second-order valence-corrected chi connectivity index (χ2v) is 8.48. The molecule has 0 aliphatic carbocycles. The Bertz CT molecular complexity index is 1360. The fourth-order valence-corrected chi connectivity index (χ4v) is 4.66. The van der Waals surface area contributed by atoms with Gasteiger partial charge >= 0.3 is 10.8 Å². The number of anilines is 1. The largest absolute Gasteiger partial charge is 0.452 e. The predicted octanol–water partition coefficient (Wildman–Crippen LogP) is 4.31. The first-order valence-corrected chi connectivity index (χ1v) is 11.4. The van der Waals surface area contributed by atoms with E-state index in [1.54, 1.807) is 5.38 Å². The van der Waals surface area contributed by atoms with Gasteiger partial charge in [0.1, 0.15) is 0 Å². The summed E-state index contributed by atoms with van der Waals surface area (Å²) in [6.45, 7) is 6.54. The highest BCUT2D eigenvalue weighted by atomic mass is 32.1. The maximum Gasteiger partial charge on any atom is 0.308 e. The lowest BCUT2D eigenvalue weighted by Gasteiger charge is -2.14. The Kier molecular flexibility index (Phi) is 6.14. The molecule has 166 valence electrons. The third-order valence-corrected chi connectivity index (χ3v) is 6.43. The molecule has 4 aromatic rings. The van der Waals surface area contributed by atoms with Crippen LogP contribution >= 0.6 is 11.3 Å². The number of thiazole rings is 1. The molecule has 4 rings (SSSR count). The van der Waals surface area contributed by atoms with Gasteiger partial charge in [0.05, 0.1) is 6.42 Å². The third-order valence-electron chi connectivity index (χ3n) is 5.55. The molecule has 2 aromatic heterocycles. The molecular formula is C24H25N3O4S. The molecule has 0 spiro atoms. The fraction of sp³-hybridized carbons (Fsp3) is 0.292. The number of carbonyl (C=O) groups is 2. The van der Waals surface area contributed by atoms with Crippen molar-refractivity contribution in [3.05, 3.63) is 63.2 Å². The van der Waals surface area contributed by atoms with E-state index >= 15 is 0 Å². The van der Waals surface area contributed by atoms with Crippen molar-refractivity contribution in [2.75, 3.05) is 5.32 Å². The number of nitrogens with one attached hydrogen (secondary N) is 1. The molecule has 2 aromatic carbocycles. The highest BCUT2D eigenvalue weighted by Gasteiger charge is 2.19. The van der Waals surface area contributed by atoms with Crippen LogP contribution in [-0.4, -0.2) is 27.1 Å². The normalized spacial score (nSPS) is 12.2. The van der Waals surface area contributed by atoms with Gasteiger partial charge in [-0.2, -0.15) is 0 Å². The summed E-state index contributed by atoms with van der Waals surface area (Å²) in [4.78, 5) is 36.4. The number of aromatic nitrogens is 2. The molecule has 0 bridgehead atoms. The Labute approximate surface area is 189 Å². The minimum atomic E-state index is -0.949. The van der Waals surface area contributed by atoms with Gasteiger partial charge in [-0.05, 0) is 45.0 Å². The van der Waals surface area contributed by atoms with Crippen LogP contribution in [0.5, 0.6) is 0 Å². The third kappa shape index (κ3) is 4.18. The summed E-state index contributed by atoms with van der Waals surface area (Å²) in [7, 11) is 0. The first-order chi connectivity index (χ1) is 15.4. The maximum atomic E-state index is 12.6. The molecule has 2 heterocycles. The molecule has 1 unspecified atom stereocenters. The van der Waals surface area contributed by atoms with E-state index in [1.807, 2.05) is 37.3 Å². The highest BCUT2D eigenvalue weighted by molar-refractivity contribution is 7.07. The van der Waals surface area contributed by atoms with Crippen LogP contribution in [0.3, 0.4) is 0 Å². The summed E-state index contributed by atoms with van der Waals surface area (Å²) in [5.74, 6) is -0.924. The van der Waals surface area contributed by atoms with Crippen LogP contribution in [0.2, 0.25) is 0 Å². The lowest BCUT2D eigenvalue weighted by molar-refractivity contribution is -0.153. The minimum absolute atomic E-state index is 0.0254. The Morgan fingerprint density at radius 1 is 1.09 bits per heavy atom. The molecule has 32 heavy (non-hydrogen) atoms. The Morgan fingerprint density at radius 3 is 2.56 bits per heavy atom. The number of para-hydroxylation sites is 1. The quantitative estimate of drug-likeness (QED) is 0.425. The van der Waals surface area contributed by atoms with Gasteiger partial charge in [-0.15, -0.1) is 0 Å². The summed E-state index contributed by atoms with van der Waals surface area (Å²) in [6, 6.07) is 14.0. The number of esters is 1. The minimum Gasteiger partial charge on any atom is -0.452 e. The van der Waals surface area contributed by atoms with Crippen molar-refractivity contribution in [2.24, 2.45) is 0 Å². The number of benzene rings is 2. The van der Waals surface area contributed by atoms with Crippen molar-refractivity contribution in [3.63, 3.8) is 0 Å². The number of nitrogens with zero attached hydrogens (tertiary/aromatic N) is 2. The van der Waals surface area contributed by atoms with Crippen LogP contribution in [0, 0.1) is 6.92 Å². The number of amides is 1. The van der Waals surface area contributed by atoms with Crippen LogP contribution in [0.25, 0.3) is 21.8 Å². The summed E-state index contributed by atoms with van der Waals surface area (Å²) in [6.07, 6.45) is -0.923. The summed E-state index contributed by atoms with van der Waals surface area (Å²) in [5.41, 5.74) is 3.70. The van der Waals surface area contributed by atoms with Crippen LogP contribution < -0.4 is 10.2 Å². The zero-order valence-corrected chi connectivity index (χ0v) is 19.1. The number of ether oxygens (including phenoxy) is 1. The van der Waals surface area contributed by atoms with E-state index in [-0.39, 0.29) is 17.8 Å². The van der Waals surface area contributed by atoms with Crippen LogP contribution in [0.15, 0.2) is 52.6 Å². The molecule has 7 nitrogen and oxygen atoms in total. The smallest absolute Gasteiger partial charge is 0.308 e. The van der Waals surface area contributed by atoms with E-state index in [1.165, 1.54) is 11.5 Å². The number of fused-ring (bicyclic) bond motifs is 3. The SMILES string of the molecule is CCn1c2ccccc2c2cc(NC(=O)C(C)OC(=O)CCn3c(C)csc3=O)ccc21. The van der Waals surface area contributed by atoms with Crippen LogP contribution in [0.4, 0.5) is 5.69 Å². The van der Waals surface area contributed by atoms with E-state index in [0.29, 0.717) is 5.69 Å². The van der Waals surface area contributed by atoms with Gasteiger partial charge in [0.15, 0.2) is 6.10 Å². The van der Waals surface area contributed by atoms with Crippen molar-refractivity contribution in [2.45, 2.75) is 46.4 Å². The van der Waals surface area contributed by atoms with Gasteiger partial charge < -0.3 is 19.2 Å². The average molecular weight is 452 g/mol. The number of hydrogen-bond donors (Lipinski definition) is 1. The zero-order chi connectivity index (χ0) is 22.8. The second-order valence-electron chi connectivity index (χ2n) is 7.66. The first kappa shape index (κ1) is 21.8. The topological polar surface area (TPSA) is 82.3 Å². The number of rotatable bonds is 7. The maximum absolute atomic E-state index is 12.6. The molecule has 0 radical (unpaired) electrons. The van der Waals surface area contributed by atoms with Gasteiger partial charge in [0.2, 0.25) is 0 Å². The van der Waals surface area contributed by atoms with Crippen molar-refractivity contribution >= 4 is 50.7 Å². The molecule has 0 fully saturated rings. The van der Waals surface area contributed by atoms with Crippen molar-refractivity contribution in [1.29, 1.82) is 0 Å². The Hall–Kier alpha value is -3.39. The van der Waals surface area contributed by atoms with E-state index < -0.39 is 18.0 Å². The average Bonchev–Trinajstić information content (AvgIpc) is 3.28. The molecule has 1 N–H and O–H groups in total. The van der Waals surface area contributed by atoms with Crippen LogP contribution in [-0.2, 0) is 27.4 Å². The van der Waals surface area contributed by atoms with Gasteiger partial charge in [-0.1, -0.05) is 29.5 Å². The van der Waals surface area contributed by atoms with E-state index in [4.69, 9.17) is 4.74 Å². The van der Waals surface area contributed by atoms with Crippen molar-refractivity contribution < 1.29 is 14.3 Å². The number of aryl methyl sites for hydroxylation is 2. The monoisotopic (exact) mass is 451 g/mol. The molecule has 0 aliphatic rings. The molecule has 0 saturated heterocycles. The van der Waals surface area contributed by atoms with Gasteiger partial charge in [0, 0.05) is 51.7 Å². The lowest BCUT2D eigenvalue weighted by Crippen LogP contribution is -2.30. The summed E-state index contributed by atoms with van der Waals surface area (Å²) < 4.78 is 9.04. The lowest BCUT2D eigenvalue weighted by atomic mass is 10.1. The van der Waals surface area contributed by atoms with Gasteiger partial charge in [-0.3, -0.25) is 14.4 Å². The van der Waals surface area contributed by atoms with E-state index in [0.717, 1.165) is 45.4 Å². The van der Waals surface area contributed by atoms with Gasteiger partial charge in [-0.25, -0.2) is 0 Å². The molecule has 8 heteroatoms. The Balaban J connectivity index is 1.43. The number of carbonyl (C=O) groups excluding carboxylic acids is 2. The van der Waals surface area contributed by atoms with Gasteiger partial charge in [0.25, 0.3) is 5.91 Å². The first-order valence-electron chi connectivity index (χ1n) is 10.5. The number of hydrogen-bond acceptors (Lipinski definition) is 5. The standard InChI is InChI=1S/C24H25N3O4S/c1-4-26-20-8-6-5-7-18(20)19-13-17(9-10-21(19)26)25-23(29)16(3)31-22(28)11-12-27-15(2)14-32-24(27)30/h5-10,13-14,16H,4,11-12H2,1-3H3,(H,25,29). The molecule has 1 amide bonds.